The highest BCUT2D eigenvalue weighted by atomic mass is 16.5. The molecule has 0 aromatic heterocycles. The van der Waals surface area contributed by atoms with Crippen molar-refractivity contribution in [1.29, 1.82) is 0 Å². The molecule has 0 aromatic rings. The lowest BCUT2D eigenvalue weighted by molar-refractivity contribution is -0.152. The van der Waals surface area contributed by atoms with Crippen molar-refractivity contribution in [2.24, 2.45) is 11.8 Å². The summed E-state index contributed by atoms with van der Waals surface area (Å²) in [5.74, 6) is 0.905. The van der Waals surface area contributed by atoms with Gasteiger partial charge in [0.2, 0.25) is 0 Å². The molecule has 96 valence electrons. The molecule has 0 aliphatic carbocycles. The van der Waals surface area contributed by atoms with Gasteiger partial charge >= 0.3 is 5.97 Å². The number of ether oxygens (including phenoxy) is 1. The van der Waals surface area contributed by atoms with Crippen LogP contribution in [0, 0.1) is 11.8 Å². The van der Waals surface area contributed by atoms with Gasteiger partial charge in [0, 0.05) is 6.42 Å². The summed E-state index contributed by atoms with van der Waals surface area (Å²) in [5.41, 5.74) is 0. The predicted octanol–water partition coefficient (Wildman–Crippen LogP) is 2.60. The monoisotopic (exact) mass is 229 g/mol. The molecule has 0 fully saturated rings. The van der Waals surface area contributed by atoms with Gasteiger partial charge in [0.25, 0.3) is 0 Å². The summed E-state index contributed by atoms with van der Waals surface area (Å²) < 4.78 is 5.50. The Labute approximate surface area is 99.9 Å². The van der Waals surface area contributed by atoms with Gasteiger partial charge in [-0.1, -0.05) is 27.7 Å². The predicted molar refractivity (Wildman–Crippen MR) is 67.3 cm³/mol. The summed E-state index contributed by atoms with van der Waals surface area (Å²) in [7, 11) is 1.89. The zero-order valence-electron chi connectivity index (χ0n) is 11.4. The van der Waals surface area contributed by atoms with Gasteiger partial charge in [-0.3, -0.25) is 4.79 Å². The highest BCUT2D eigenvalue weighted by Crippen LogP contribution is 2.17. The van der Waals surface area contributed by atoms with Crippen molar-refractivity contribution in [3.8, 4) is 0 Å². The summed E-state index contributed by atoms with van der Waals surface area (Å²) in [5, 5.41) is 3.02. The second kappa shape index (κ2) is 8.57. The van der Waals surface area contributed by atoms with Crippen LogP contribution in [0.5, 0.6) is 0 Å². The van der Waals surface area contributed by atoms with Crippen molar-refractivity contribution in [2.75, 3.05) is 13.6 Å². The van der Waals surface area contributed by atoms with Crippen LogP contribution in [-0.2, 0) is 9.53 Å². The van der Waals surface area contributed by atoms with Gasteiger partial charge in [0.15, 0.2) is 0 Å². The van der Waals surface area contributed by atoms with E-state index in [0.717, 1.165) is 19.4 Å². The van der Waals surface area contributed by atoms with E-state index in [1.807, 2.05) is 7.05 Å². The lowest BCUT2D eigenvalue weighted by Crippen LogP contribution is -2.25. The fourth-order valence-corrected chi connectivity index (χ4v) is 1.56. The minimum Gasteiger partial charge on any atom is -0.462 e. The largest absolute Gasteiger partial charge is 0.462 e. The van der Waals surface area contributed by atoms with E-state index in [2.05, 4.69) is 33.0 Å². The Bertz CT molecular complexity index is 190. The van der Waals surface area contributed by atoms with Gasteiger partial charge in [0.1, 0.15) is 6.10 Å². The van der Waals surface area contributed by atoms with Crippen molar-refractivity contribution >= 4 is 5.97 Å². The maximum absolute atomic E-state index is 11.6. The van der Waals surface area contributed by atoms with Gasteiger partial charge < -0.3 is 10.1 Å². The summed E-state index contributed by atoms with van der Waals surface area (Å²) in [6, 6.07) is 0. The Kier molecular flexibility index (Phi) is 8.26. The number of rotatable bonds is 8. The standard InChI is InChI=1S/C13H27NO2/c1-10(2)9-12(11(3)4)16-13(15)7-6-8-14-5/h10-12,14H,6-9H2,1-5H3. The van der Waals surface area contributed by atoms with Crippen molar-refractivity contribution in [3.63, 3.8) is 0 Å². The third-order valence-electron chi connectivity index (χ3n) is 2.54. The highest BCUT2D eigenvalue weighted by Gasteiger charge is 2.19. The van der Waals surface area contributed by atoms with E-state index in [1.165, 1.54) is 0 Å². The molecule has 0 aliphatic rings. The molecule has 0 rings (SSSR count). The van der Waals surface area contributed by atoms with Gasteiger partial charge in [-0.05, 0) is 38.3 Å². The number of hydrogen-bond donors (Lipinski definition) is 1. The lowest BCUT2D eigenvalue weighted by Gasteiger charge is -2.23. The van der Waals surface area contributed by atoms with E-state index in [-0.39, 0.29) is 12.1 Å². The molecule has 0 bridgehead atoms. The van der Waals surface area contributed by atoms with E-state index in [1.54, 1.807) is 0 Å². The third-order valence-corrected chi connectivity index (χ3v) is 2.54. The molecule has 0 heterocycles. The van der Waals surface area contributed by atoms with Crippen molar-refractivity contribution < 1.29 is 9.53 Å². The maximum Gasteiger partial charge on any atom is 0.306 e. The van der Waals surface area contributed by atoms with Crippen LogP contribution in [0.25, 0.3) is 0 Å². The molecular weight excluding hydrogens is 202 g/mol. The average molecular weight is 229 g/mol. The SMILES string of the molecule is CNCCCC(=O)OC(CC(C)C)C(C)C. The molecule has 1 atom stereocenters. The molecule has 3 nitrogen and oxygen atoms in total. The second-order valence-electron chi connectivity index (χ2n) is 5.11. The zero-order valence-corrected chi connectivity index (χ0v) is 11.4. The number of hydrogen-bond acceptors (Lipinski definition) is 3. The van der Waals surface area contributed by atoms with E-state index in [9.17, 15) is 4.79 Å². The highest BCUT2D eigenvalue weighted by molar-refractivity contribution is 5.69. The Balaban J connectivity index is 3.93. The van der Waals surface area contributed by atoms with Crippen LogP contribution in [0.3, 0.4) is 0 Å². The maximum atomic E-state index is 11.6. The first-order chi connectivity index (χ1) is 7.47. The topological polar surface area (TPSA) is 38.3 Å². The molecule has 0 aliphatic heterocycles. The third kappa shape index (κ3) is 7.69. The van der Waals surface area contributed by atoms with E-state index >= 15 is 0 Å². The van der Waals surface area contributed by atoms with E-state index in [0.29, 0.717) is 18.3 Å². The van der Waals surface area contributed by atoms with Gasteiger partial charge in [-0.2, -0.15) is 0 Å². The molecule has 1 N–H and O–H groups in total. The van der Waals surface area contributed by atoms with E-state index < -0.39 is 0 Å². The molecule has 0 amide bonds. The normalized spacial score (nSPS) is 13.2. The second-order valence-corrected chi connectivity index (χ2v) is 5.11. The lowest BCUT2D eigenvalue weighted by atomic mass is 9.97. The van der Waals surface area contributed by atoms with Crippen LogP contribution >= 0.6 is 0 Å². The van der Waals surface area contributed by atoms with Crippen molar-refractivity contribution in [3.05, 3.63) is 0 Å². The number of carbonyl (C=O) groups excluding carboxylic acids is 1. The first-order valence-corrected chi connectivity index (χ1v) is 6.31. The average Bonchev–Trinajstić information content (AvgIpc) is 2.16. The van der Waals surface area contributed by atoms with Gasteiger partial charge in [0.05, 0.1) is 0 Å². The Morgan fingerprint density at radius 2 is 1.88 bits per heavy atom. The van der Waals surface area contributed by atoms with Gasteiger partial charge in [-0.15, -0.1) is 0 Å². The molecule has 16 heavy (non-hydrogen) atoms. The minimum atomic E-state index is -0.0606. The zero-order chi connectivity index (χ0) is 12.6. The first-order valence-electron chi connectivity index (χ1n) is 6.31. The molecule has 0 saturated carbocycles. The summed E-state index contributed by atoms with van der Waals surface area (Å²) in [6.45, 7) is 9.39. The van der Waals surface area contributed by atoms with Crippen LogP contribution in [0.2, 0.25) is 0 Å². The van der Waals surface area contributed by atoms with E-state index in [4.69, 9.17) is 4.74 Å². The summed E-state index contributed by atoms with van der Waals surface area (Å²) in [6.07, 6.45) is 2.39. The number of esters is 1. The fraction of sp³-hybridized carbons (Fsp3) is 0.923. The molecule has 1 unspecified atom stereocenters. The molecule has 0 saturated heterocycles. The summed E-state index contributed by atoms with van der Waals surface area (Å²) in [4.78, 5) is 11.6. The van der Waals surface area contributed by atoms with Crippen LogP contribution in [-0.4, -0.2) is 25.7 Å². The smallest absolute Gasteiger partial charge is 0.306 e. The molecule has 0 spiro atoms. The number of carbonyl (C=O) groups is 1. The van der Waals surface area contributed by atoms with Crippen LogP contribution < -0.4 is 5.32 Å². The molecular formula is C13H27NO2. The first kappa shape index (κ1) is 15.4. The van der Waals surface area contributed by atoms with Crippen LogP contribution in [0.1, 0.15) is 47.0 Å². The summed E-state index contributed by atoms with van der Waals surface area (Å²) >= 11 is 0. The van der Waals surface area contributed by atoms with Crippen LogP contribution in [0.15, 0.2) is 0 Å². The molecule has 0 aromatic carbocycles. The van der Waals surface area contributed by atoms with Gasteiger partial charge in [-0.25, -0.2) is 0 Å². The van der Waals surface area contributed by atoms with Crippen molar-refractivity contribution in [1.82, 2.24) is 5.32 Å². The number of nitrogens with one attached hydrogen (secondary N) is 1. The molecule has 0 radical (unpaired) electrons. The fourth-order valence-electron chi connectivity index (χ4n) is 1.56. The van der Waals surface area contributed by atoms with Crippen molar-refractivity contribution in [2.45, 2.75) is 53.1 Å². The Hall–Kier alpha value is -0.570. The minimum absolute atomic E-state index is 0.0606. The van der Waals surface area contributed by atoms with Crippen LogP contribution in [0.4, 0.5) is 0 Å². The Morgan fingerprint density at radius 1 is 1.25 bits per heavy atom. The molecule has 3 heteroatoms. The quantitative estimate of drug-likeness (QED) is 0.513. The Morgan fingerprint density at radius 3 is 2.31 bits per heavy atom.